The van der Waals surface area contributed by atoms with Gasteiger partial charge in [0, 0.05) is 10.5 Å². The largest absolute Gasteiger partial charge is 0.310 e. The van der Waals surface area contributed by atoms with Crippen molar-refractivity contribution in [3.63, 3.8) is 0 Å². The lowest BCUT2D eigenvalue weighted by Crippen LogP contribution is -2.24. The van der Waals surface area contributed by atoms with Crippen LogP contribution in [0.25, 0.3) is 0 Å². The van der Waals surface area contributed by atoms with E-state index in [1.807, 2.05) is 0 Å². The molecule has 0 aromatic heterocycles. The number of hydrogen-bond donors (Lipinski definition) is 1. The van der Waals surface area contributed by atoms with Gasteiger partial charge < -0.3 is 5.32 Å². The molecule has 0 bridgehead atoms. The van der Waals surface area contributed by atoms with Gasteiger partial charge in [-0.3, -0.25) is 0 Å². The number of hydrogen-bond acceptors (Lipinski definition) is 1. The van der Waals surface area contributed by atoms with Gasteiger partial charge in [-0.15, -0.1) is 0 Å². The molecule has 0 radical (unpaired) electrons. The highest BCUT2D eigenvalue weighted by Gasteiger charge is 2.16. The summed E-state index contributed by atoms with van der Waals surface area (Å²) in [6.45, 7) is 10.0. The van der Waals surface area contributed by atoms with Gasteiger partial charge in [-0.05, 0) is 49.1 Å². The highest BCUT2D eigenvalue weighted by molar-refractivity contribution is 9.10. The van der Waals surface area contributed by atoms with Gasteiger partial charge in [-0.25, -0.2) is 0 Å². The fourth-order valence-corrected chi connectivity index (χ4v) is 3.03. The Morgan fingerprint density at radius 3 is 2.33 bits per heavy atom. The molecule has 0 aliphatic rings. The third-order valence-corrected chi connectivity index (χ3v) is 4.27. The predicted octanol–water partition coefficient (Wildman–Crippen LogP) is 5.23. The molecule has 0 heterocycles. The predicted molar refractivity (Wildman–Crippen MR) is 84.0 cm³/mol. The van der Waals surface area contributed by atoms with Crippen molar-refractivity contribution in [2.75, 3.05) is 6.54 Å². The zero-order valence-electron chi connectivity index (χ0n) is 12.1. The molecule has 1 unspecified atom stereocenters. The Balaban J connectivity index is 2.89. The minimum absolute atomic E-state index is 0.494. The van der Waals surface area contributed by atoms with Crippen LogP contribution in [0.3, 0.4) is 0 Å². The molecule has 0 saturated heterocycles. The third-order valence-electron chi connectivity index (χ3n) is 3.78. The van der Waals surface area contributed by atoms with E-state index < -0.39 is 0 Å². The quantitative estimate of drug-likeness (QED) is 0.726. The molecule has 0 aliphatic heterocycles. The summed E-state index contributed by atoms with van der Waals surface area (Å²) in [5.74, 6) is 0.817. The molecule has 2 heteroatoms. The summed E-state index contributed by atoms with van der Waals surface area (Å²) < 4.78 is 1.17. The Kier molecular flexibility index (Phi) is 6.95. The van der Waals surface area contributed by atoms with Crippen LogP contribution in [-0.2, 0) is 0 Å². The van der Waals surface area contributed by atoms with Crippen molar-refractivity contribution in [3.8, 4) is 0 Å². The van der Waals surface area contributed by atoms with Gasteiger partial charge in [-0.1, -0.05) is 55.6 Å². The van der Waals surface area contributed by atoms with Gasteiger partial charge in [0.1, 0.15) is 0 Å². The first-order valence-electron chi connectivity index (χ1n) is 7.11. The second-order valence-corrected chi connectivity index (χ2v) is 5.95. The Bertz CT molecular complexity index is 358. The maximum atomic E-state index is 3.64. The SMILES string of the molecule is CCNC(CC(CC)CC)c1ccc(Br)cc1C. The molecule has 0 amide bonds. The first-order chi connectivity index (χ1) is 8.62. The van der Waals surface area contributed by atoms with Crippen molar-refractivity contribution >= 4 is 15.9 Å². The molecule has 1 atom stereocenters. The number of halogens is 1. The van der Waals surface area contributed by atoms with Crippen molar-refractivity contribution < 1.29 is 0 Å². The molecular weight excluding hydrogens is 286 g/mol. The molecule has 0 aliphatic carbocycles. The van der Waals surface area contributed by atoms with Gasteiger partial charge >= 0.3 is 0 Å². The molecular formula is C16H26BrN. The van der Waals surface area contributed by atoms with E-state index in [1.165, 1.54) is 34.9 Å². The monoisotopic (exact) mass is 311 g/mol. The Hall–Kier alpha value is -0.340. The van der Waals surface area contributed by atoms with Crippen LogP contribution in [0.4, 0.5) is 0 Å². The van der Waals surface area contributed by atoms with Gasteiger partial charge in [0.2, 0.25) is 0 Å². The minimum atomic E-state index is 0.494. The smallest absolute Gasteiger partial charge is 0.0325 e. The lowest BCUT2D eigenvalue weighted by Gasteiger charge is -2.24. The first-order valence-corrected chi connectivity index (χ1v) is 7.91. The van der Waals surface area contributed by atoms with Crippen LogP contribution in [0.15, 0.2) is 22.7 Å². The van der Waals surface area contributed by atoms with Crippen molar-refractivity contribution in [2.24, 2.45) is 5.92 Å². The molecule has 1 rings (SSSR count). The maximum absolute atomic E-state index is 3.64. The standard InChI is InChI=1S/C16H26BrN/c1-5-13(6-2)11-16(18-7-3)15-9-8-14(17)10-12(15)4/h8-10,13,16,18H,5-7,11H2,1-4H3. The van der Waals surface area contributed by atoms with Crippen LogP contribution in [0.1, 0.15) is 57.2 Å². The summed E-state index contributed by atoms with van der Waals surface area (Å²) in [6, 6.07) is 7.12. The third kappa shape index (κ3) is 4.40. The van der Waals surface area contributed by atoms with E-state index in [9.17, 15) is 0 Å². The second-order valence-electron chi connectivity index (χ2n) is 5.03. The zero-order valence-corrected chi connectivity index (χ0v) is 13.7. The van der Waals surface area contributed by atoms with Gasteiger partial charge in [-0.2, -0.15) is 0 Å². The number of benzene rings is 1. The topological polar surface area (TPSA) is 12.0 Å². The van der Waals surface area contributed by atoms with Crippen LogP contribution < -0.4 is 5.32 Å². The van der Waals surface area contributed by atoms with Crippen LogP contribution in [-0.4, -0.2) is 6.54 Å². The summed E-state index contributed by atoms with van der Waals surface area (Å²) in [5, 5.41) is 3.64. The Morgan fingerprint density at radius 1 is 1.17 bits per heavy atom. The van der Waals surface area contributed by atoms with E-state index in [-0.39, 0.29) is 0 Å². The van der Waals surface area contributed by atoms with Crippen LogP contribution in [0, 0.1) is 12.8 Å². The number of aryl methyl sites for hydroxylation is 1. The normalized spacial score (nSPS) is 13.0. The molecule has 102 valence electrons. The van der Waals surface area contributed by atoms with E-state index in [1.54, 1.807) is 0 Å². The Labute approximate surface area is 120 Å². The minimum Gasteiger partial charge on any atom is -0.310 e. The maximum Gasteiger partial charge on any atom is 0.0325 e. The van der Waals surface area contributed by atoms with Gasteiger partial charge in [0.15, 0.2) is 0 Å². The molecule has 1 aromatic carbocycles. The van der Waals surface area contributed by atoms with Crippen molar-refractivity contribution in [1.29, 1.82) is 0 Å². The lowest BCUT2D eigenvalue weighted by atomic mass is 9.89. The van der Waals surface area contributed by atoms with Gasteiger partial charge in [0.25, 0.3) is 0 Å². The van der Waals surface area contributed by atoms with Gasteiger partial charge in [0.05, 0.1) is 0 Å². The molecule has 1 N–H and O–H groups in total. The highest BCUT2D eigenvalue weighted by atomic mass is 79.9. The lowest BCUT2D eigenvalue weighted by molar-refractivity contribution is 0.375. The molecule has 0 fully saturated rings. The van der Waals surface area contributed by atoms with E-state index in [4.69, 9.17) is 0 Å². The summed E-state index contributed by atoms with van der Waals surface area (Å²) in [5.41, 5.74) is 2.83. The molecule has 0 saturated carbocycles. The van der Waals surface area contributed by atoms with Crippen molar-refractivity contribution in [1.82, 2.24) is 5.32 Å². The summed E-state index contributed by atoms with van der Waals surface area (Å²) in [6.07, 6.45) is 3.78. The molecule has 1 nitrogen and oxygen atoms in total. The van der Waals surface area contributed by atoms with Crippen molar-refractivity contribution in [3.05, 3.63) is 33.8 Å². The number of nitrogens with one attached hydrogen (secondary N) is 1. The first kappa shape index (κ1) is 15.7. The molecule has 0 spiro atoms. The molecule has 1 aromatic rings. The molecule has 18 heavy (non-hydrogen) atoms. The van der Waals surface area contributed by atoms with Crippen molar-refractivity contribution in [2.45, 2.75) is 53.0 Å². The van der Waals surface area contributed by atoms with Crippen LogP contribution in [0.2, 0.25) is 0 Å². The summed E-state index contributed by atoms with van der Waals surface area (Å²) in [4.78, 5) is 0. The van der Waals surface area contributed by atoms with E-state index in [2.05, 4.69) is 67.1 Å². The second kappa shape index (κ2) is 7.96. The highest BCUT2D eigenvalue weighted by Crippen LogP contribution is 2.28. The zero-order chi connectivity index (χ0) is 13.5. The number of rotatable bonds is 7. The average Bonchev–Trinajstić information content (AvgIpc) is 2.35. The van der Waals surface area contributed by atoms with E-state index >= 15 is 0 Å². The fourth-order valence-electron chi connectivity index (χ4n) is 2.55. The summed E-state index contributed by atoms with van der Waals surface area (Å²) >= 11 is 3.54. The van der Waals surface area contributed by atoms with Crippen LogP contribution >= 0.6 is 15.9 Å². The van der Waals surface area contributed by atoms with Crippen LogP contribution in [0.5, 0.6) is 0 Å². The summed E-state index contributed by atoms with van der Waals surface area (Å²) in [7, 11) is 0. The fraction of sp³-hybridized carbons (Fsp3) is 0.625. The average molecular weight is 312 g/mol. The van der Waals surface area contributed by atoms with E-state index in [0.29, 0.717) is 6.04 Å². The van der Waals surface area contributed by atoms with E-state index in [0.717, 1.165) is 12.5 Å². The Morgan fingerprint density at radius 2 is 1.83 bits per heavy atom.